The predicted molar refractivity (Wildman–Crippen MR) is 85.8 cm³/mol. The van der Waals surface area contributed by atoms with Crippen molar-refractivity contribution in [2.75, 3.05) is 18.0 Å². The monoisotopic (exact) mass is 346 g/mol. The Labute approximate surface area is 133 Å². The highest BCUT2D eigenvalue weighted by molar-refractivity contribution is 7.92. The molecule has 1 heterocycles. The average molecular weight is 347 g/mol. The number of sulfonamides is 1. The van der Waals surface area contributed by atoms with Crippen LogP contribution < -0.4 is 9.04 Å². The largest absolute Gasteiger partial charge is 0.495 e. The molecule has 0 bridgehead atoms. The highest BCUT2D eigenvalue weighted by atomic mass is 35.5. The molecule has 0 unspecified atom stereocenters. The van der Waals surface area contributed by atoms with Crippen molar-refractivity contribution in [1.29, 1.82) is 0 Å². The molecule has 2 rings (SSSR count). The number of nitrogens with zero attached hydrogens (tertiary/aromatic N) is 2. The molecule has 5 nitrogen and oxygen atoms in total. The van der Waals surface area contributed by atoms with Crippen molar-refractivity contribution in [2.45, 2.75) is 12.7 Å². The molecule has 0 fully saturated rings. The number of ether oxygens (including phenoxy) is 1. The molecule has 114 valence electrons. The van der Waals surface area contributed by atoms with E-state index in [0.29, 0.717) is 28.0 Å². The molecule has 0 saturated heterocycles. The van der Waals surface area contributed by atoms with Gasteiger partial charge in [0.1, 0.15) is 15.8 Å². The summed E-state index contributed by atoms with van der Waals surface area (Å²) < 4.78 is 32.2. The van der Waals surface area contributed by atoms with Gasteiger partial charge in [0.15, 0.2) is 0 Å². The number of para-hydroxylation sites is 2. The predicted octanol–water partition coefficient (Wildman–Crippen LogP) is 3.16. The summed E-state index contributed by atoms with van der Waals surface area (Å²) in [7, 11) is -2.08. The molecule has 0 saturated carbocycles. The number of hydrogen-bond acceptors (Lipinski definition) is 5. The van der Waals surface area contributed by atoms with Crippen molar-refractivity contribution in [1.82, 2.24) is 4.98 Å². The van der Waals surface area contributed by atoms with Gasteiger partial charge in [-0.25, -0.2) is 13.4 Å². The number of anilines is 1. The maximum Gasteiger partial charge on any atom is 0.241 e. The fourth-order valence-corrected chi connectivity index (χ4v) is 4.46. The van der Waals surface area contributed by atoms with Crippen LogP contribution in [0.25, 0.3) is 0 Å². The summed E-state index contributed by atoms with van der Waals surface area (Å²) in [6.07, 6.45) is 0. The van der Waals surface area contributed by atoms with E-state index in [-0.39, 0.29) is 5.75 Å². The lowest BCUT2D eigenvalue weighted by Crippen LogP contribution is -2.32. The summed E-state index contributed by atoms with van der Waals surface area (Å²) in [5.74, 6) is 0.272. The van der Waals surface area contributed by atoms with Crippen LogP contribution in [0, 0.1) is 0 Å². The lowest BCUT2D eigenvalue weighted by molar-refractivity contribution is 0.415. The summed E-state index contributed by atoms with van der Waals surface area (Å²) in [6, 6.07) is 7.00. The van der Waals surface area contributed by atoms with Crippen LogP contribution in [0.1, 0.15) is 12.6 Å². The van der Waals surface area contributed by atoms with Crippen LogP contribution >= 0.6 is 22.9 Å². The normalized spacial score (nSPS) is 11.4. The second kappa shape index (κ2) is 6.64. The Morgan fingerprint density at radius 1 is 1.38 bits per heavy atom. The summed E-state index contributed by atoms with van der Waals surface area (Å²) in [5, 5.41) is 0. The van der Waals surface area contributed by atoms with Crippen LogP contribution in [0.15, 0.2) is 29.8 Å². The van der Waals surface area contributed by atoms with Gasteiger partial charge in [0, 0.05) is 6.54 Å². The van der Waals surface area contributed by atoms with Crippen LogP contribution in [0.2, 0.25) is 4.34 Å². The molecule has 8 heteroatoms. The Balaban J connectivity index is 2.38. The molecule has 0 radical (unpaired) electrons. The Hall–Kier alpha value is -1.31. The smallest absolute Gasteiger partial charge is 0.241 e. The van der Waals surface area contributed by atoms with E-state index in [4.69, 9.17) is 16.3 Å². The Bertz CT molecular complexity index is 716. The lowest BCUT2D eigenvalue weighted by Gasteiger charge is -2.24. The average Bonchev–Trinajstić information content (AvgIpc) is 2.84. The molecular formula is C13H15ClN2O3S2. The van der Waals surface area contributed by atoms with E-state index in [9.17, 15) is 8.42 Å². The zero-order valence-electron chi connectivity index (χ0n) is 11.6. The molecule has 0 atom stereocenters. The van der Waals surface area contributed by atoms with Crippen molar-refractivity contribution in [2.24, 2.45) is 0 Å². The van der Waals surface area contributed by atoms with E-state index in [1.807, 2.05) is 0 Å². The molecule has 1 aromatic heterocycles. The van der Waals surface area contributed by atoms with Gasteiger partial charge in [-0.05, 0) is 19.1 Å². The van der Waals surface area contributed by atoms with E-state index in [2.05, 4.69) is 4.98 Å². The maximum atomic E-state index is 12.6. The molecule has 21 heavy (non-hydrogen) atoms. The highest BCUT2D eigenvalue weighted by Gasteiger charge is 2.26. The molecule has 0 aliphatic carbocycles. The quantitative estimate of drug-likeness (QED) is 0.806. The number of methoxy groups -OCH3 is 1. The molecule has 0 aliphatic heterocycles. The van der Waals surface area contributed by atoms with Crippen LogP contribution in [-0.4, -0.2) is 27.1 Å². The van der Waals surface area contributed by atoms with Crippen molar-refractivity contribution >= 4 is 38.6 Å². The van der Waals surface area contributed by atoms with Crippen molar-refractivity contribution < 1.29 is 13.2 Å². The third-order valence-electron chi connectivity index (χ3n) is 2.89. The molecule has 1 aromatic carbocycles. The Morgan fingerprint density at radius 2 is 2.10 bits per heavy atom. The standard InChI is InChI=1S/C13H15ClN2O3S2/c1-3-16(11-6-4-5-7-12(11)19-2)21(17,18)8-10-13(14)20-9-15-10/h4-7,9H,3,8H2,1-2H3. The summed E-state index contributed by atoms with van der Waals surface area (Å²) >= 11 is 7.16. The molecular weight excluding hydrogens is 332 g/mol. The van der Waals surface area contributed by atoms with Crippen LogP contribution in [0.3, 0.4) is 0 Å². The lowest BCUT2D eigenvalue weighted by atomic mass is 10.3. The molecule has 0 spiro atoms. The summed E-state index contributed by atoms with van der Waals surface area (Å²) in [4.78, 5) is 4.00. The fourth-order valence-electron chi connectivity index (χ4n) is 1.95. The molecule has 0 N–H and O–H groups in total. The Kier molecular flexibility index (Phi) is 5.08. The minimum Gasteiger partial charge on any atom is -0.495 e. The first-order valence-corrected chi connectivity index (χ1v) is 9.07. The van der Waals surface area contributed by atoms with E-state index < -0.39 is 10.0 Å². The van der Waals surface area contributed by atoms with Gasteiger partial charge in [-0.2, -0.15) is 0 Å². The van der Waals surface area contributed by atoms with Crippen LogP contribution in [-0.2, 0) is 15.8 Å². The topological polar surface area (TPSA) is 59.5 Å². The third-order valence-corrected chi connectivity index (χ3v) is 5.79. The number of benzene rings is 1. The van der Waals surface area contributed by atoms with Crippen LogP contribution in [0.5, 0.6) is 5.75 Å². The van der Waals surface area contributed by atoms with Gasteiger partial charge in [0.05, 0.1) is 24.0 Å². The number of rotatable bonds is 6. The first kappa shape index (κ1) is 16.1. The zero-order valence-corrected chi connectivity index (χ0v) is 14.0. The zero-order chi connectivity index (χ0) is 15.5. The van der Waals surface area contributed by atoms with Gasteiger partial charge in [-0.15, -0.1) is 11.3 Å². The van der Waals surface area contributed by atoms with E-state index in [1.165, 1.54) is 28.3 Å². The van der Waals surface area contributed by atoms with Crippen molar-refractivity contribution in [3.05, 3.63) is 39.8 Å². The van der Waals surface area contributed by atoms with Gasteiger partial charge in [-0.1, -0.05) is 23.7 Å². The fraction of sp³-hybridized carbons (Fsp3) is 0.308. The Morgan fingerprint density at radius 3 is 2.67 bits per heavy atom. The van der Waals surface area contributed by atoms with Gasteiger partial charge >= 0.3 is 0 Å². The van der Waals surface area contributed by atoms with Crippen molar-refractivity contribution in [3.8, 4) is 5.75 Å². The van der Waals surface area contributed by atoms with Crippen molar-refractivity contribution in [3.63, 3.8) is 0 Å². The minimum absolute atomic E-state index is 0.235. The van der Waals surface area contributed by atoms with Gasteiger partial charge in [0.2, 0.25) is 10.0 Å². The third kappa shape index (κ3) is 3.48. The number of hydrogen-bond donors (Lipinski definition) is 0. The SMILES string of the molecule is CCN(c1ccccc1OC)S(=O)(=O)Cc1ncsc1Cl. The highest BCUT2D eigenvalue weighted by Crippen LogP contribution is 2.31. The summed E-state index contributed by atoms with van der Waals surface area (Å²) in [6.45, 7) is 2.07. The van der Waals surface area contributed by atoms with Gasteiger partial charge in [-0.3, -0.25) is 4.31 Å². The molecule has 2 aromatic rings. The second-order valence-corrected chi connectivity index (χ2v) is 7.52. The number of halogens is 1. The molecule has 0 amide bonds. The van der Waals surface area contributed by atoms with E-state index in [0.717, 1.165) is 0 Å². The summed E-state index contributed by atoms with van der Waals surface area (Å²) in [5.41, 5.74) is 2.41. The first-order chi connectivity index (χ1) is 9.99. The number of thiazole rings is 1. The van der Waals surface area contributed by atoms with E-state index in [1.54, 1.807) is 31.2 Å². The second-order valence-electron chi connectivity index (χ2n) is 4.17. The van der Waals surface area contributed by atoms with E-state index >= 15 is 0 Å². The number of aromatic nitrogens is 1. The first-order valence-electron chi connectivity index (χ1n) is 6.21. The van der Waals surface area contributed by atoms with Gasteiger partial charge in [0.25, 0.3) is 0 Å². The van der Waals surface area contributed by atoms with Crippen LogP contribution in [0.4, 0.5) is 5.69 Å². The van der Waals surface area contributed by atoms with Gasteiger partial charge < -0.3 is 4.74 Å². The maximum absolute atomic E-state index is 12.6. The minimum atomic E-state index is -3.59. The molecule has 0 aliphatic rings.